The van der Waals surface area contributed by atoms with Crippen LogP contribution >= 0.6 is 0 Å². The second-order valence-electron chi connectivity index (χ2n) is 9.47. The maximum absolute atomic E-state index is 13.4. The minimum absolute atomic E-state index is 0.179. The summed E-state index contributed by atoms with van der Waals surface area (Å²) in [5.74, 6) is -1.88. The number of Topliss-reactive ketones (excluding diaryl/α,β-unsaturated/α-hetero) is 1. The summed E-state index contributed by atoms with van der Waals surface area (Å²) in [6.45, 7) is 1.53. The number of ketones is 1. The lowest BCUT2D eigenvalue weighted by atomic mass is 9.73. The Morgan fingerprint density at radius 1 is 0.806 bits per heavy atom. The Hall–Kier alpha value is -4.06. The number of hydrogen-bond acceptors (Lipinski definition) is 5. The normalized spacial score (nSPS) is 22.1. The third-order valence-electron chi connectivity index (χ3n) is 7.25. The van der Waals surface area contributed by atoms with Crippen LogP contribution < -0.4 is 4.90 Å². The minimum atomic E-state index is -0.976. The lowest BCUT2D eigenvalue weighted by Crippen LogP contribution is -2.31. The molecule has 6 heteroatoms. The highest BCUT2D eigenvalue weighted by molar-refractivity contribution is 6.22. The van der Waals surface area contributed by atoms with Crippen molar-refractivity contribution in [2.75, 3.05) is 4.90 Å². The smallest absolute Gasteiger partial charge is 0.338 e. The summed E-state index contributed by atoms with van der Waals surface area (Å²) in [5, 5.41) is 0. The van der Waals surface area contributed by atoms with E-state index in [1.165, 1.54) is 23.5 Å². The Labute approximate surface area is 209 Å². The van der Waals surface area contributed by atoms with Gasteiger partial charge in [0.2, 0.25) is 17.6 Å². The van der Waals surface area contributed by atoms with Crippen LogP contribution in [0.2, 0.25) is 0 Å². The number of carbonyl (C=O) groups is 4. The van der Waals surface area contributed by atoms with Crippen molar-refractivity contribution in [3.63, 3.8) is 0 Å². The number of amides is 2. The molecule has 36 heavy (non-hydrogen) atoms. The molecule has 182 valence electrons. The zero-order valence-electron chi connectivity index (χ0n) is 20.0. The van der Waals surface area contributed by atoms with Crippen molar-refractivity contribution in [2.24, 2.45) is 11.8 Å². The van der Waals surface area contributed by atoms with E-state index in [1.54, 1.807) is 48.5 Å². The SMILES string of the molecule is C[C@H](OC(=O)c1cccc(N2C(=O)[C@H]3C[C@@H](c4ccccc4)CC[C@H]3C2=O)c1)C(=O)c1ccccc1. The summed E-state index contributed by atoms with van der Waals surface area (Å²) in [4.78, 5) is 53.2. The molecule has 0 bridgehead atoms. The van der Waals surface area contributed by atoms with Gasteiger partial charge < -0.3 is 4.74 Å². The lowest BCUT2D eigenvalue weighted by Gasteiger charge is -2.28. The third kappa shape index (κ3) is 4.47. The molecule has 0 unspecified atom stereocenters. The van der Waals surface area contributed by atoms with E-state index in [2.05, 4.69) is 12.1 Å². The zero-order chi connectivity index (χ0) is 25.2. The van der Waals surface area contributed by atoms with Crippen LogP contribution in [-0.4, -0.2) is 29.7 Å². The van der Waals surface area contributed by atoms with E-state index >= 15 is 0 Å². The Morgan fingerprint density at radius 2 is 1.44 bits per heavy atom. The van der Waals surface area contributed by atoms with Crippen molar-refractivity contribution in [1.82, 2.24) is 0 Å². The van der Waals surface area contributed by atoms with Gasteiger partial charge in [-0.2, -0.15) is 0 Å². The van der Waals surface area contributed by atoms with Crippen LogP contribution in [0.15, 0.2) is 84.9 Å². The molecule has 3 aromatic carbocycles. The predicted molar refractivity (Wildman–Crippen MR) is 135 cm³/mol. The van der Waals surface area contributed by atoms with Crippen molar-refractivity contribution in [3.8, 4) is 0 Å². The highest BCUT2D eigenvalue weighted by atomic mass is 16.5. The van der Waals surface area contributed by atoms with Gasteiger partial charge in [0.25, 0.3) is 0 Å². The number of esters is 1. The Morgan fingerprint density at radius 3 is 2.17 bits per heavy atom. The largest absolute Gasteiger partial charge is 0.451 e. The first-order valence-electron chi connectivity index (χ1n) is 12.3. The lowest BCUT2D eigenvalue weighted by molar-refractivity contribution is -0.122. The van der Waals surface area contributed by atoms with E-state index in [1.807, 2.05) is 18.2 Å². The van der Waals surface area contributed by atoms with Gasteiger partial charge in [0.15, 0.2) is 6.10 Å². The highest BCUT2D eigenvalue weighted by Crippen LogP contribution is 2.45. The van der Waals surface area contributed by atoms with Gasteiger partial charge in [0.05, 0.1) is 23.1 Å². The molecule has 1 aliphatic carbocycles. The number of hydrogen-bond donors (Lipinski definition) is 0. The van der Waals surface area contributed by atoms with Gasteiger partial charge in [0, 0.05) is 5.56 Å². The standard InChI is InChI=1S/C30H27NO5/c1-19(27(32)21-11-6-3-7-12-21)36-30(35)23-13-8-14-24(17-23)31-28(33)25-16-15-22(18-26(25)29(31)34)20-9-4-2-5-10-20/h2-14,17,19,22,25-26H,15-16,18H2,1H3/t19-,22-,25+,26-/m0/s1. The molecule has 2 amide bonds. The fraction of sp³-hybridized carbons (Fsp3) is 0.267. The Kier molecular flexibility index (Phi) is 6.51. The minimum Gasteiger partial charge on any atom is -0.451 e. The number of benzene rings is 3. The topological polar surface area (TPSA) is 80.8 Å². The quantitative estimate of drug-likeness (QED) is 0.275. The van der Waals surface area contributed by atoms with Gasteiger partial charge in [-0.3, -0.25) is 19.3 Å². The average Bonchev–Trinajstić information content (AvgIpc) is 3.18. The fourth-order valence-corrected chi connectivity index (χ4v) is 5.35. The summed E-state index contributed by atoms with van der Waals surface area (Å²) in [5.41, 5.74) is 2.18. The first-order chi connectivity index (χ1) is 17.4. The number of fused-ring (bicyclic) bond motifs is 1. The zero-order valence-corrected chi connectivity index (χ0v) is 20.0. The maximum atomic E-state index is 13.4. The average molecular weight is 482 g/mol. The number of carbonyl (C=O) groups excluding carboxylic acids is 4. The van der Waals surface area contributed by atoms with Crippen molar-refractivity contribution >= 4 is 29.3 Å². The van der Waals surface area contributed by atoms with E-state index in [0.29, 0.717) is 24.1 Å². The van der Waals surface area contributed by atoms with Gasteiger partial charge in [-0.25, -0.2) is 4.79 Å². The number of ether oxygens (including phenoxy) is 1. The summed E-state index contributed by atoms with van der Waals surface area (Å²) in [7, 11) is 0. The molecule has 1 aliphatic heterocycles. The Balaban J connectivity index is 1.31. The Bertz CT molecular complexity index is 1300. The van der Waals surface area contributed by atoms with E-state index < -0.39 is 12.1 Å². The molecule has 2 aliphatic rings. The number of rotatable bonds is 6. The van der Waals surface area contributed by atoms with Gasteiger partial charge in [0.1, 0.15) is 0 Å². The molecule has 5 rings (SSSR count). The third-order valence-corrected chi connectivity index (χ3v) is 7.25. The molecule has 1 saturated heterocycles. The molecule has 4 atom stereocenters. The summed E-state index contributed by atoms with van der Waals surface area (Å²) < 4.78 is 5.40. The van der Waals surface area contributed by atoms with Crippen molar-refractivity contribution in [3.05, 3.63) is 102 Å². The van der Waals surface area contributed by atoms with Crippen LogP contribution in [0.25, 0.3) is 0 Å². The fourth-order valence-electron chi connectivity index (χ4n) is 5.35. The number of anilines is 1. The molecular formula is C30H27NO5. The molecule has 1 saturated carbocycles. The number of imide groups is 1. The second kappa shape index (κ2) is 9.90. The predicted octanol–water partition coefficient (Wildman–Crippen LogP) is 5.19. The van der Waals surface area contributed by atoms with Crippen LogP contribution in [-0.2, 0) is 14.3 Å². The first kappa shape index (κ1) is 23.7. The van der Waals surface area contributed by atoms with Crippen LogP contribution in [0.5, 0.6) is 0 Å². The highest BCUT2D eigenvalue weighted by Gasteiger charge is 2.50. The van der Waals surface area contributed by atoms with Crippen molar-refractivity contribution in [1.29, 1.82) is 0 Å². The molecule has 3 aromatic rings. The molecule has 0 radical (unpaired) electrons. The van der Waals surface area contributed by atoms with E-state index in [9.17, 15) is 19.2 Å². The van der Waals surface area contributed by atoms with Crippen LogP contribution in [0.3, 0.4) is 0 Å². The maximum Gasteiger partial charge on any atom is 0.338 e. The molecular weight excluding hydrogens is 454 g/mol. The molecule has 0 N–H and O–H groups in total. The van der Waals surface area contributed by atoms with Crippen LogP contribution in [0.4, 0.5) is 5.69 Å². The van der Waals surface area contributed by atoms with E-state index in [4.69, 9.17) is 4.74 Å². The molecule has 0 spiro atoms. The van der Waals surface area contributed by atoms with Gasteiger partial charge in [-0.15, -0.1) is 0 Å². The van der Waals surface area contributed by atoms with Gasteiger partial charge >= 0.3 is 5.97 Å². The van der Waals surface area contributed by atoms with E-state index in [-0.39, 0.29) is 40.9 Å². The number of nitrogens with zero attached hydrogens (tertiary/aromatic N) is 1. The van der Waals surface area contributed by atoms with E-state index in [0.717, 1.165) is 6.42 Å². The van der Waals surface area contributed by atoms with Gasteiger partial charge in [-0.05, 0) is 55.9 Å². The van der Waals surface area contributed by atoms with Crippen LogP contribution in [0.1, 0.15) is 58.4 Å². The monoisotopic (exact) mass is 481 g/mol. The molecule has 1 heterocycles. The molecule has 2 fully saturated rings. The van der Waals surface area contributed by atoms with Crippen LogP contribution in [0, 0.1) is 11.8 Å². The van der Waals surface area contributed by atoms with Crippen molar-refractivity contribution < 1.29 is 23.9 Å². The summed E-state index contributed by atoms with van der Waals surface area (Å²) >= 11 is 0. The summed E-state index contributed by atoms with van der Waals surface area (Å²) in [6.07, 6.45) is 1.18. The van der Waals surface area contributed by atoms with Gasteiger partial charge in [-0.1, -0.05) is 66.7 Å². The second-order valence-corrected chi connectivity index (χ2v) is 9.47. The molecule has 0 aromatic heterocycles. The molecule has 6 nitrogen and oxygen atoms in total. The first-order valence-corrected chi connectivity index (χ1v) is 12.3. The summed E-state index contributed by atoms with van der Waals surface area (Å²) in [6, 6.07) is 25.0. The van der Waals surface area contributed by atoms with Crippen molar-refractivity contribution in [2.45, 2.75) is 38.2 Å².